The summed E-state index contributed by atoms with van der Waals surface area (Å²) < 4.78 is 5.68. The maximum absolute atomic E-state index is 9.26. The molecular weight excluding hydrogens is 140 g/mol. The van der Waals surface area contributed by atoms with Gasteiger partial charge in [0.15, 0.2) is 0 Å². The molecule has 0 aromatic carbocycles. The molecule has 3 rings (SSSR count). The number of hydrogen-bond acceptors (Lipinski definition) is 2. The number of rotatable bonds is 1. The van der Waals surface area contributed by atoms with Gasteiger partial charge >= 0.3 is 0 Å². The van der Waals surface area contributed by atoms with E-state index in [2.05, 4.69) is 12.2 Å². The smallest absolute Gasteiger partial charge is 0.0846 e. The van der Waals surface area contributed by atoms with Crippen LogP contribution in [0.3, 0.4) is 0 Å². The molecule has 1 saturated carbocycles. The fourth-order valence-electron chi connectivity index (χ4n) is 2.84. The van der Waals surface area contributed by atoms with Crippen molar-refractivity contribution in [1.82, 2.24) is 0 Å². The molecule has 0 amide bonds. The number of aliphatic hydroxyl groups excluding tert-OH is 1. The van der Waals surface area contributed by atoms with E-state index in [0.717, 1.165) is 6.42 Å². The third kappa shape index (κ3) is 0.500. The molecule has 3 aliphatic rings. The summed E-state index contributed by atoms with van der Waals surface area (Å²) in [6, 6.07) is 0. The maximum Gasteiger partial charge on any atom is 0.0846 e. The zero-order valence-corrected chi connectivity index (χ0v) is 6.36. The van der Waals surface area contributed by atoms with Crippen LogP contribution >= 0.6 is 0 Å². The molecule has 2 nitrogen and oxygen atoms in total. The predicted molar refractivity (Wildman–Crippen MR) is 40.0 cm³/mol. The van der Waals surface area contributed by atoms with Crippen LogP contribution in [-0.2, 0) is 4.74 Å². The Morgan fingerprint density at radius 3 is 2.91 bits per heavy atom. The van der Waals surface area contributed by atoms with Gasteiger partial charge in [0.2, 0.25) is 0 Å². The minimum absolute atomic E-state index is 0.138. The van der Waals surface area contributed by atoms with E-state index in [1.807, 2.05) is 0 Å². The third-order valence-electron chi connectivity index (χ3n) is 3.70. The molecule has 4 unspecified atom stereocenters. The zero-order valence-electron chi connectivity index (χ0n) is 6.36. The van der Waals surface area contributed by atoms with Gasteiger partial charge < -0.3 is 9.84 Å². The van der Waals surface area contributed by atoms with Crippen molar-refractivity contribution in [2.45, 2.75) is 25.0 Å². The number of fused-ring (bicyclic) bond motifs is 5. The Morgan fingerprint density at radius 1 is 1.55 bits per heavy atom. The Kier molecular flexibility index (Phi) is 0.958. The molecule has 2 heterocycles. The summed E-state index contributed by atoms with van der Waals surface area (Å²) in [4.78, 5) is 0. The summed E-state index contributed by atoms with van der Waals surface area (Å²) in [6.45, 7) is 0.309. The summed E-state index contributed by atoms with van der Waals surface area (Å²) in [5.41, 5.74) is 0.138. The molecule has 2 fully saturated rings. The molecule has 1 aliphatic carbocycles. The number of ether oxygens (including phenoxy) is 1. The normalized spacial score (nSPS) is 57.7. The third-order valence-corrected chi connectivity index (χ3v) is 3.70. The molecule has 2 bridgehead atoms. The van der Waals surface area contributed by atoms with E-state index in [-0.39, 0.29) is 11.5 Å². The zero-order chi connectivity index (χ0) is 7.47. The van der Waals surface area contributed by atoms with Crippen molar-refractivity contribution in [3.05, 3.63) is 12.2 Å². The van der Waals surface area contributed by atoms with Gasteiger partial charge in [0.1, 0.15) is 0 Å². The average Bonchev–Trinajstić information content (AvgIpc) is 2.43. The van der Waals surface area contributed by atoms with Crippen LogP contribution in [0.15, 0.2) is 12.2 Å². The van der Waals surface area contributed by atoms with E-state index in [1.165, 1.54) is 6.42 Å². The average molecular weight is 152 g/mol. The molecule has 1 saturated heterocycles. The molecule has 2 heteroatoms. The summed E-state index contributed by atoms with van der Waals surface area (Å²) >= 11 is 0. The van der Waals surface area contributed by atoms with Crippen LogP contribution in [0.2, 0.25) is 0 Å². The minimum atomic E-state index is 0.138. The first kappa shape index (κ1) is 6.21. The maximum atomic E-state index is 9.26. The Balaban J connectivity index is 2.02. The molecular formula is C9H12O2. The van der Waals surface area contributed by atoms with Gasteiger partial charge in [0, 0.05) is 5.41 Å². The molecule has 60 valence electrons. The van der Waals surface area contributed by atoms with E-state index in [9.17, 15) is 5.11 Å². The first-order valence-electron chi connectivity index (χ1n) is 4.31. The lowest BCUT2D eigenvalue weighted by atomic mass is 9.56. The van der Waals surface area contributed by atoms with Gasteiger partial charge in [-0.3, -0.25) is 0 Å². The van der Waals surface area contributed by atoms with E-state index < -0.39 is 0 Å². The molecule has 2 aliphatic heterocycles. The van der Waals surface area contributed by atoms with Crippen LogP contribution in [0.1, 0.15) is 12.8 Å². The molecule has 4 atom stereocenters. The molecule has 0 aromatic rings. The van der Waals surface area contributed by atoms with Crippen molar-refractivity contribution in [3.8, 4) is 0 Å². The predicted octanol–water partition coefficient (Wildman–Crippen LogP) is 0.712. The Bertz CT molecular complexity index is 220. The standard InChI is InChI=1S/C9H12O2/c10-5-9-4-3-6(9)7-1-2-8(9)11-7/h1-2,6-8,10H,3-5H2. The molecule has 0 spiro atoms. The Morgan fingerprint density at radius 2 is 2.45 bits per heavy atom. The highest BCUT2D eigenvalue weighted by Crippen LogP contribution is 2.60. The largest absolute Gasteiger partial charge is 0.396 e. The van der Waals surface area contributed by atoms with E-state index in [0.29, 0.717) is 18.6 Å². The van der Waals surface area contributed by atoms with Gasteiger partial charge in [-0.15, -0.1) is 0 Å². The van der Waals surface area contributed by atoms with Gasteiger partial charge in [-0.25, -0.2) is 0 Å². The van der Waals surface area contributed by atoms with Crippen LogP contribution in [0.4, 0.5) is 0 Å². The van der Waals surface area contributed by atoms with Crippen molar-refractivity contribution in [2.75, 3.05) is 6.61 Å². The Labute approximate surface area is 65.9 Å². The summed E-state index contributed by atoms with van der Waals surface area (Å²) in [6.07, 6.45) is 7.24. The van der Waals surface area contributed by atoms with Crippen LogP contribution in [0.25, 0.3) is 0 Å². The first-order chi connectivity index (χ1) is 5.37. The van der Waals surface area contributed by atoms with Crippen molar-refractivity contribution in [3.63, 3.8) is 0 Å². The fourth-order valence-corrected chi connectivity index (χ4v) is 2.84. The lowest BCUT2D eigenvalue weighted by molar-refractivity contribution is -0.0205. The van der Waals surface area contributed by atoms with Gasteiger partial charge in [-0.05, 0) is 18.8 Å². The molecule has 1 N–H and O–H groups in total. The monoisotopic (exact) mass is 152 g/mol. The highest BCUT2D eigenvalue weighted by atomic mass is 16.5. The first-order valence-corrected chi connectivity index (χ1v) is 4.31. The number of hydrogen-bond donors (Lipinski definition) is 1. The van der Waals surface area contributed by atoms with E-state index in [4.69, 9.17) is 4.74 Å². The van der Waals surface area contributed by atoms with Crippen LogP contribution in [0.5, 0.6) is 0 Å². The Hall–Kier alpha value is -0.340. The second-order valence-corrected chi connectivity index (χ2v) is 3.94. The van der Waals surface area contributed by atoms with E-state index >= 15 is 0 Å². The van der Waals surface area contributed by atoms with Crippen molar-refractivity contribution >= 4 is 0 Å². The lowest BCUT2D eigenvalue weighted by Crippen LogP contribution is -2.49. The van der Waals surface area contributed by atoms with Crippen LogP contribution in [-0.4, -0.2) is 23.9 Å². The van der Waals surface area contributed by atoms with Gasteiger partial charge in [0.05, 0.1) is 18.8 Å². The van der Waals surface area contributed by atoms with Gasteiger partial charge in [-0.1, -0.05) is 12.2 Å². The van der Waals surface area contributed by atoms with Crippen LogP contribution < -0.4 is 0 Å². The second-order valence-electron chi connectivity index (χ2n) is 3.94. The number of aliphatic hydroxyl groups is 1. The topological polar surface area (TPSA) is 29.5 Å². The highest BCUT2D eigenvalue weighted by molar-refractivity contribution is 5.23. The van der Waals surface area contributed by atoms with Crippen molar-refractivity contribution in [2.24, 2.45) is 11.3 Å². The molecule has 11 heavy (non-hydrogen) atoms. The summed E-state index contributed by atoms with van der Waals surface area (Å²) in [5, 5.41) is 9.26. The second kappa shape index (κ2) is 1.70. The van der Waals surface area contributed by atoms with E-state index in [1.54, 1.807) is 0 Å². The summed E-state index contributed by atoms with van der Waals surface area (Å²) in [5.74, 6) is 0.627. The van der Waals surface area contributed by atoms with Crippen molar-refractivity contribution < 1.29 is 9.84 Å². The molecule has 0 aromatic heterocycles. The SMILES string of the molecule is OCC12CCC1C1C=CC2O1. The molecule has 0 radical (unpaired) electrons. The minimum Gasteiger partial charge on any atom is -0.396 e. The van der Waals surface area contributed by atoms with Gasteiger partial charge in [-0.2, -0.15) is 0 Å². The van der Waals surface area contributed by atoms with Crippen molar-refractivity contribution in [1.29, 1.82) is 0 Å². The highest BCUT2D eigenvalue weighted by Gasteiger charge is 2.62. The summed E-state index contributed by atoms with van der Waals surface area (Å²) in [7, 11) is 0. The quantitative estimate of drug-likeness (QED) is 0.561. The fraction of sp³-hybridized carbons (Fsp3) is 0.778. The van der Waals surface area contributed by atoms with Crippen LogP contribution in [0, 0.1) is 11.3 Å². The van der Waals surface area contributed by atoms with Gasteiger partial charge in [0.25, 0.3) is 0 Å². The lowest BCUT2D eigenvalue weighted by Gasteiger charge is -2.47.